The zero-order valence-corrected chi connectivity index (χ0v) is 9.84. The number of rotatable bonds is 3. The first kappa shape index (κ1) is 11.1. The van der Waals surface area contributed by atoms with Crippen LogP contribution in [0.4, 0.5) is 0 Å². The molecule has 2 fully saturated rings. The number of ether oxygens (including phenoxy) is 2. The summed E-state index contributed by atoms with van der Waals surface area (Å²) < 4.78 is 11.8. The molecule has 17 heavy (non-hydrogen) atoms. The molecule has 1 aliphatic heterocycles. The molecule has 4 heteroatoms. The first-order chi connectivity index (χ1) is 8.43. The van der Waals surface area contributed by atoms with Crippen LogP contribution in [0.15, 0.2) is 24.5 Å². The predicted molar refractivity (Wildman–Crippen MR) is 63.6 cm³/mol. The second kappa shape index (κ2) is 5.12. The molecule has 0 radical (unpaired) electrons. The van der Waals surface area contributed by atoms with Crippen LogP contribution < -0.4 is 5.32 Å². The van der Waals surface area contributed by atoms with Gasteiger partial charge in [0, 0.05) is 25.0 Å². The maximum Gasteiger partial charge on any atom is 0.0989 e. The molecular weight excluding hydrogens is 216 g/mol. The van der Waals surface area contributed by atoms with E-state index in [9.17, 15) is 0 Å². The van der Waals surface area contributed by atoms with Crippen molar-refractivity contribution in [2.75, 3.05) is 13.2 Å². The van der Waals surface area contributed by atoms with Crippen molar-refractivity contribution < 1.29 is 9.47 Å². The third-order valence-electron chi connectivity index (χ3n) is 3.53. The van der Waals surface area contributed by atoms with Gasteiger partial charge in [-0.05, 0) is 24.5 Å². The summed E-state index contributed by atoms with van der Waals surface area (Å²) in [6.45, 7) is 2.40. The van der Waals surface area contributed by atoms with Crippen LogP contribution >= 0.6 is 0 Å². The van der Waals surface area contributed by atoms with Crippen LogP contribution in [0.1, 0.15) is 18.4 Å². The monoisotopic (exact) mass is 234 g/mol. The van der Waals surface area contributed by atoms with Gasteiger partial charge in [-0.3, -0.25) is 4.98 Å². The number of nitrogens with one attached hydrogen (secondary N) is 1. The molecule has 2 aliphatic rings. The standard InChI is InChI=1S/C13H18N2O2/c1-2-10(8-14-5-1)9-17-12-4-3-11-13(12)16-7-6-15-11/h1-2,5,8,11-13,15H,3-4,6-7,9H2/t11-,12-,13+/m0/s1. The number of fused-ring (bicyclic) bond motifs is 1. The Morgan fingerprint density at radius 1 is 1.47 bits per heavy atom. The van der Waals surface area contributed by atoms with Crippen LogP contribution in [0.5, 0.6) is 0 Å². The van der Waals surface area contributed by atoms with E-state index in [1.54, 1.807) is 6.20 Å². The largest absolute Gasteiger partial charge is 0.373 e. The molecule has 1 aromatic heterocycles. The van der Waals surface area contributed by atoms with E-state index in [1.807, 2.05) is 18.3 Å². The Morgan fingerprint density at radius 3 is 3.35 bits per heavy atom. The maximum absolute atomic E-state index is 5.95. The minimum absolute atomic E-state index is 0.230. The van der Waals surface area contributed by atoms with E-state index in [0.29, 0.717) is 12.6 Å². The van der Waals surface area contributed by atoms with Crippen LogP contribution in [0.2, 0.25) is 0 Å². The molecule has 1 aromatic rings. The van der Waals surface area contributed by atoms with Gasteiger partial charge >= 0.3 is 0 Å². The number of pyridine rings is 1. The van der Waals surface area contributed by atoms with Crippen molar-refractivity contribution in [2.45, 2.75) is 37.7 Å². The van der Waals surface area contributed by atoms with Crippen LogP contribution in [-0.4, -0.2) is 36.4 Å². The summed E-state index contributed by atoms with van der Waals surface area (Å²) in [7, 11) is 0. The van der Waals surface area contributed by atoms with E-state index < -0.39 is 0 Å². The fraction of sp³-hybridized carbons (Fsp3) is 0.615. The lowest BCUT2D eigenvalue weighted by Crippen LogP contribution is -2.48. The zero-order chi connectivity index (χ0) is 11.5. The molecule has 0 aromatic carbocycles. The summed E-state index contributed by atoms with van der Waals surface area (Å²) in [5.74, 6) is 0. The van der Waals surface area contributed by atoms with E-state index in [1.165, 1.54) is 0 Å². The normalized spacial score (nSPS) is 32.4. The van der Waals surface area contributed by atoms with E-state index in [2.05, 4.69) is 10.3 Å². The van der Waals surface area contributed by atoms with Crippen molar-refractivity contribution in [3.8, 4) is 0 Å². The van der Waals surface area contributed by atoms with Crippen molar-refractivity contribution in [3.05, 3.63) is 30.1 Å². The Bertz CT molecular complexity index is 358. The SMILES string of the molecule is c1cncc(CO[C@H]2CC[C@@H]3NCCO[C@H]32)c1. The summed E-state index contributed by atoms with van der Waals surface area (Å²) in [4.78, 5) is 4.09. The second-order valence-corrected chi connectivity index (χ2v) is 4.68. The molecule has 1 saturated carbocycles. The molecule has 0 spiro atoms. The van der Waals surface area contributed by atoms with E-state index in [0.717, 1.165) is 31.6 Å². The highest BCUT2D eigenvalue weighted by Gasteiger charge is 2.39. The number of hydrogen-bond donors (Lipinski definition) is 1. The average molecular weight is 234 g/mol. The molecule has 3 atom stereocenters. The van der Waals surface area contributed by atoms with Crippen molar-refractivity contribution in [3.63, 3.8) is 0 Å². The average Bonchev–Trinajstić information content (AvgIpc) is 2.81. The highest BCUT2D eigenvalue weighted by Crippen LogP contribution is 2.27. The molecule has 3 rings (SSSR count). The van der Waals surface area contributed by atoms with Gasteiger partial charge in [0.25, 0.3) is 0 Å². The van der Waals surface area contributed by atoms with Crippen LogP contribution in [0.25, 0.3) is 0 Å². The fourth-order valence-electron chi connectivity index (χ4n) is 2.68. The Labute approximate surface area is 101 Å². The van der Waals surface area contributed by atoms with Gasteiger partial charge in [-0.2, -0.15) is 0 Å². The Balaban J connectivity index is 1.55. The smallest absolute Gasteiger partial charge is 0.0989 e. The summed E-state index contributed by atoms with van der Waals surface area (Å²) in [5, 5.41) is 3.49. The van der Waals surface area contributed by atoms with Gasteiger partial charge in [0.2, 0.25) is 0 Å². The predicted octanol–water partition coefficient (Wildman–Crippen LogP) is 1.12. The van der Waals surface area contributed by atoms with Crippen LogP contribution in [0.3, 0.4) is 0 Å². The number of aromatic nitrogens is 1. The molecule has 2 heterocycles. The van der Waals surface area contributed by atoms with Crippen molar-refractivity contribution in [2.24, 2.45) is 0 Å². The molecule has 1 N–H and O–H groups in total. The van der Waals surface area contributed by atoms with Crippen LogP contribution in [0, 0.1) is 0 Å². The molecule has 0 unspecified atom stereocenters. The lowest BCUT2D eigenvalue weighted by atomic mass is 10.1. The van der Waals surface area contributed by atoms with Gasteiger partial charge in [-0.15, -0.1) is 0 Å². The summed E-state index contributed by atoms with van der Waals surface area (Å²) in [5.41, 5.74) is 1.12. The fourth-order valence-corrected chi connectivity index (χ4v) is 2.68. The number of nitrogens with zero attached hydrogens (tertiary/aromatic N) is 1. The van der Waals surface area contributed by atoms with Crippen molar-refractivity contribution >= 4 is 0 Å². The maximum atomic E-state index is 5.95. The number of morpholine rings is 1. The molecular formula is C13H18N2O2. The minimum Gasteiger partial charge on any atom is -0.373 e. The Kier molecular flexibility index (Phi) is 3.36. The van der Waals surface area contributed by atoms with Crippen molar-refractivity contribution in [1.82, 2.24) is 10.3 Å². The highest BCUT2D eigenvalue weighted by atomic mass is 16.5. The summed E-state index contributed by atoms with van der Waals surface area (Å²) in [6, 6.07) is 4.47. The molecule has 4 nitrogen and oxygen atoms in total. The molecule has 92 valence electrons. The molecule has 1 saturated heterocycles. The van der Waals surface area contributed by atoms with Gasteiger partial charge in [0.1, 0.15) is 0 Å². The number of hydrogen-bond acceptors (Lipinski definition) is 4. The summed E-state index contributed by atoms with van der Waals surface area (Å²) in [6.07, 6.45) is 6.34. The quantitative estimate of drug-likeness (QED) is 0.851. The third-order valence-corrected chi connectivity index (χ3v) is 3.53. The third kappa shape index (κ3) is 2.49. The van der Waals surface area contributed by atoms with E-state index in [-0.39, 0.29) is 12.2 Å². The highest BCUT2D eigenvalue weighted by molar-refractivity contribution is 5.07. The van der Waals surface area contributed by atoms with Crippen LogP contribution in [-0.2, 0) is 16.1 Å². The van der Waals surface area contributed by atoms with Crippen molar-refractivity contribution in [1.29, 1.82) is 0 Å². The van der Waals surface area contributed by atoms with E-state index >= 15 is 0 Å². The lowest BCUT2D eigenvalue weighted by Gasteiger charge is -2.30. The van der Waals surface area contributed by atoms with E-state index in [4.69, 9.17) is 9.47 Å². The molecule has 1 aliphatic carbocycles. The summed E-state index contributed by atoms with van der Waals surface area (Å²) >= 11 is 0. The van der Waals surface area contributed by atoms with Gasteiger partial charge in [0.05, 0.1) is 25.4 Å². The molecule has 0 bridgehead atoms. The van der Waals surface area contributed by atoms with Gasteiger partial charge in [-0.25, -0.2) is 0 Å². The minimum atomic E-state index is 0.230. The lowest BCUT2D eigenvalue weighted by molar-refractivity contribution is -0.0836. The second-order valence-electron chi connectivity index (χ2n) is 4.68. The van der Waals surface area contributed by atoms with Gasteiger partial charge < -0.3 is 14.8 Å². The Hall–Kier alpha value is -0.970. The zero-order valence-electron chi connectivity index (χ0n) is 9.84. The van der Waals surface area contributed by atoms with Gasteiger partial charge in [0.15, 0.2) is 0 Å². The first-order valence-corrected chi connectivity index (χ1v) is 6.29. The first-order valence-electron chi connectivity index (χ1n) is 6.29. The molecule has 0 amide bonds. The topological polar surface area (TPSA) is 43.4 Å². The van der Waals surface area contributed by atoms with Gasteiger partial charge in [-0.1, -0.05) is 6.07 Å². The Morgan fingerprint density at radius 2 is 2.47 bits per heavy atom.